The van der Waals surface area contributed by atoms with Crippen molar-refractivity contribution in [2.45, 2.75) is 33.2 Å². The maximum Gasteiger partial charge on any atom is 0.251 e. The van der Waals surface area contributed by atoms with E-state index in [2.05, 4.69) is 10.6 Å². The van der Waals surface area contributed by atoms with Crippen molar-refractivity contribution in [2.24, 2.45) is 5.92 Å². The predicted molar refractivity (Wildman–Crippen MR) is 91.3 cm³/mol. The smallest absolute Gasteiger partial charge is 0.251 e. The molecule has 0 saturated carbocycles. The fraction of sp³-hybridized carbons (Fsp3) is 0.500. The van der Waals surface area contributed by atoms with Gasteiger partial charge < -0.3 is 15.5 Å². The van der Waals surface area contributed by atoms with Crippen LogP contribution in [0.25, 0.3) is 0 Å². The van der Waals surface area contributed by atoms with Gasteiger partial charge in [0.05, 0.1) is 0 Å². The molecule has 2 N–H and O–H groups in total. The monoisotopic (exact) mass is 331 g/mol. The lowest BCUT2D eigenvalue weighted by molar-refractivity contribution is -0.128. The molecule has 0 aliphatic carbocycles. The van der Waals surface area contributed by atoms with Crippen LogP contribution in [0.15, 0.2) is 24.3 Å². The normalized spacial score (nSPS) is 14.1. The lowest BCUT2D eigenvalue weighted by Crippen LogP contribution is -2.36. The van der Waals surface area contributed by atoms with Crippen LogP contribution >= 0.6 is 0 Å². The first-order valence-electron chi connectivity index (χ1n) is 8.40. The maximum absolute atomic E-state index is 12.2. The molecule has 6 heteroatoms. The fourth-order valence-corrected chi connectivity index (χ4v) is 2.57. The molecule has 0 bridgehead atoms. The molecule has 1 saturated heterocycles. The highest BCUT2D eigenvalue weighted by molar-refractivity contribution is 5.94. The molecule has 1 aliphatic rings. The van der Waals surface area contributed by atoms with Gasteiger partial charge in [0.1, 0.15) is 0 Å². The van der Waals surface area contributed by atoms with Gasteiger partial charge in [0.2, 0.25) is 11.8 Å². The van der Waals surface area contributed by atoms with E-state index in [1.165, 1.54) is 0 Å². The van der Waals surface area contributed by atoms with Gasteiger partial charge in [0.15, 0.2) is 0 Å². The molecule has 2 rings (SSSR count). The zero-order chi connectivity index (χ0) is 17.5. The van der Waals surface area contributed by atoms with Crippen molar-refractivity contribution in [3.05, 3.63) is 35.4 Å². The highest BCUT2D eigenvalue weighted by Gasteiger charge is 2.20. The average molecular weight is 331 g/mol. The van der Waals surface area contributed by atoms with E-state index in [1.54, 1.807) is 6.07 Å². The number of hydrogen-bond donors (Lipinski definition) is 2. The molecular formula is C18H25N3O3. The standard InChI is InChI=1S/C18H25N3O3/c1-13(2)17(23)19-8-9-20-18(24)15-6-3-5-14(11-15)12-21-10-4-7-16(21)22/h3,5-6,11,13H,4,7-10,12H2,1-2H3,(H,19,23)(H,20,24). The summed E-state index contributed by atoms with van der Waals surface area (Å²) in [7, 11) is 0. The lowest BCUT2D eigenvalue weighted by atomic mass is 10.1. The summed E-state index contributed by atoms with van der Waals surface area (Å²) in [5, 5.41) is 5.54. The molecule has 1 aromatic carbocycles. The molecule has 24 heavy (non-hydrogen) atoms. The summed E-state index contributed by atoms with van der Waals surface area (Å²) in [5.41, 5.74) is 1.51. The van der Waals surface area contributed by atoms with Gasteiger partial charge in [-0.15, -0.1) is 0 Å². The Morgan fingerprint density at radius 2 is 1.96 bits per heavy atom. The largest absolute Gasteiger partial charge is 0.354 e. The highest BCUT2D eigenvalue weighted by atomic mass is 16.2. The molecule has 3 amide bonds. The second-order valence-corrected chi connectivity index (χ2v) is 6.32. The quantitative estimate of drug-likeness (QED) is 0.740. The molecule has 1 aromatic rings. The van der Waals surface area contributed by atoms with E-state index in [1.807, 2.05) is 36.9 Å². The SMILES string of the molecule is CC(C)C(=O)NCCNC(=O)c1cccc(CN2CCCC2=O)c1. The van der Waals surface area contributed by atoms with Crippen molar-refractivity contribution in [3.8, 4) is 0 Å². The summed E-state index contributed by atoms with van der Waals surface area (Å²) < 4.78 is 0. The molecule has 0 radical (unpaired) electrons. The van der Waals surface area contributed by atoms with E-state index < -0.39 is 0 Å². The highest BCUT2D eigenvalue weighted by Crippen LogP contribution is 2.15. The van der Waals surface area contributed by atoms with Gasteiger partial charge in [0, 0.05) is 44.1 Å². The van der Waals surface area contributed by atoms with E-state index in [0.717, 1.165) is 18.5 Å². The Morgan fingerprint density at radius 3 is 2.62 bits per heavy atom. The lowest BCUT2D eigenvalue weighted by Gasteiger charge is -2.16. The number of carbonyl (C=O) groups excluding carboxylic acids is 3. The first-order chi connectivity index (χ1) is 11.5. The Morgan fingerprint density at radius 1 is 1.21 bits per heavy atom. The molecule has 0 atom stereocenters. The van der Waals surface area contributed by atoms with E-state index >= 15 is 0 Å². The van der Waals surface area contributed by atoms with Crippen LogP contribution in [0.5, 0.6) is 0 Å². The summed E-state index contributed by atoms with van der Waals surface area (Å²) in [5.74, 6) is -0.0960. The molecule has 6 nitrogen and oxygen atoms in total. The van der Waals surface area contributed by atoms with Crippen molar-refractivity contribution in [1.29, 1.82) is 0 Å². The summed E-state index contributed by atoms with van der Waals surface area (Å²) in [6.07, 6.45) is 1.52. The zero-order valence-electron chi connectivity index (χ0n) is 14.3. The third-order valence-corrected chi connectivity index (χ3v) is 3.97. The van der Waals surface area contributed by atoms with Crippen LogP contribution in [0.1, 0.15) is 42.6 Å². The summed E-state index contributed by atoms with van der Waals surface area (Å²) in [6, 6.07) is 7.31. The number of benzene rings is 1. The van der Waals surface area contributed by atoms with Crippen LogP contribution in [0.4, 0.5) is 0 Å². The Bertz CT molecular complexity index is 613. The van der Waals surface area contributed by atoms with E-state index in [0.29, 0.717) is 31.6 Å². The third kappa shape index (κ3) is 5.08. The van der Waals surface area contributed by atoms with E-state index in [4.69, 9.17) is 0 Å². The van der Waals surface area contributed by atoms with Gasteiger partial charge in [-0.05, 0) is 24.1 Å². The molecule has 1 fully saturated rings. The second kappa shape index (κ2) is 8.47. The van der Waals surface area contributed by atoms with Crippen LogP contribution in [-0.2, 0) is 16.1 Å². The molecule has 0 unspecified atom stereocenters. The molecular weight excluding hydrogens is 306 g/mol. The zero-order valence-corrected chi connectivity index (χ0v) is 14.3. The van der Waals surface area contributed by atoms with Crippen molar-refractivity contribution in [3.63, 3.8) is 0 Å². The second-order valence-electron chi connectivity index (χ2n) is 6.32. The summed E-state index contributed by atoms with van der Waals surface area (Å²) in [6.45, 7) is 5.76. The van der Waals surface area contributed by atoms with Crippen LogP contribution in [-0.4, -0.2) is 42.3 Å². The Labute approximate surface area is 142 Å². The number of nitrogens with one attached hydrogen (secondary N) is 2. The predicted octanol–water partition coefficient (Wildman–Crippen LogP) is 1.31. The van der Waals surface area contributed by atoms with Gasteiger partial charge in [0.25, 0.3) is 5.91 Å². The summed E-state index contributed by atoms with van der Waals surface area (Å²) >= 11 is 0. The van der Waals surface area contributed by atoms with Crippen LogP contribution in [0, 0.1) is 5.92 Å². The van der Waals surface area contributed by atoms with E-state index in [9.17, 15) is 14.4 Å². The minimum absolute atomic E-state index is 0.0264. The number of likely N-dealkylation sites (tertiary alicyclic amines) is 1. The van der Waals surface area contributed by atoms with Crippen molar-refractivity contribution < 1.29 is 14.4 Å². The molecule has 130 valence electrons. The number of nitrogens with zero attached hydrogens (tertiary/aromatic N) is 1. The summed E-state index contributed by atoms with van der Waals surface area (Å²) in [4.78, 5) is 37.1. The first kappa shape index (κ1) is 18.0. The Kier molecular flexibility index (Phi) is 6.35. The van der Waals surface area contributed by atoms with Crippen LogP contribution in [0.3, 0.4) is 0 Å². The Balaban J connectivity index is 1.83. The van der Waals surface area contributed by atoms with Crippen LogP contribution in [0.2, 0.25) is 0 Å². The van der Waals surface area contributed by atoms with Gasteiger partial charge >= 0.3 is 0 Å². The van der Waals surface area contributed by atoms with Gasteiger partial charge in [-0.25, -0.2) is 0 Å². The third-order valence-electron chi connectivity index (χ3n) is 3.97. The van der Waals surface area contributed by atoms with Crippen molar-refractivity contribution in [1.82, 2.24) is 15.5 Å². The van der Waals surface area contributed by atoms with E-state index in [-0.39, 0.29) is 23.6 Å². The molecule has 0 aromatic heterocycles. The minimum atomic E-state index is -0.177. The fourth-order valence-electron chi connectivity index (χ4n) is 2.57. The molecule has 1 aliphatic heterocycles. The van der Waals surface area contributed by atoms with Gasteiger partial charge in [-0.2, -0.15) is 0 Å². The van der Waals surface area contributed by atoms with Gasteiger partial charge in [-0.1, -0.05) is 26.0 Å². The number of carbonyl (C=O) groups is 3. The molecule has 1 heterocycles. The molecule has 0 spiro atoms. The van der Waals surface area contributed by atoms with Crippen molar-refractivity contribution in [2.75, 3.05) is 19.6 Å². The number of amides is 3. The van der Waals surface area contributed by atoms with Crippen molar-refractivity contribution >= 4 is 17.7 Å². The average Bonchev–Trinajstić information content (AvgIpc) is 2.96. The minimum Gasteiger partial charge on any atom is -0.354 e. The topological polar surface area (TPSA) is 78.5 Å². The van der Waals surface area contributed by atoms with Crippen LogP contribution < -0.4 is 10.6 Å². The number of rotatable bonds is 7. The number of hydrogen-bond acceptors (Lipinski definition) is 3. The Hall–Kier alpha value is -2.37. The van der Waals surface area contributed by atoms with Gasteiger partial charge in [-0.3, -0.25) is 14.4 Å². The first-order valence-corrected chi connectivity index (χ1v) is 8.40. The maximum atomic E-state index is 12.2.